The summed E-state index contributed by atoms with van der Waals surface area (Å²) in [5.41, 5.74) is 13.3. The maximum absolute atomic E-state index is 2.45. The molecule has 1 nitrogen and oxygen atoms in total. The molecular weight excluding hydrogens is 615 g/mol. The minimum Gasteiger partial charge on any atom is -0.309 e. The van der Waals surface area contributed by atoms with Crippen LogP contribution in [0, 0.1) is 0 Å². The Balaban J connectivity index is 1.21. The maximum atomic E-state index is 2.45. The van der Waals surface area contributed by atoms with E-state index in [2.05, 4.69) is 205 Å². The minimum atomic E-state index is 1.15. The molecule has 0 spiro atoms. The number of hydrogen-bond donors (Lipinski definition) is 0. The van der Waals surface area contributed by atoms with E-state index in [1.54, 1.807) is 0 Å². The second kappa shape index (κ2) is 12.0. The van der Waals surface area contributed by atoms with Gasteiger partial charge in [-0.2, -0.15) is 0 Å². The molecule has 0 fully saturated rings. The zero-order chi connectivity index (χ0) is 33.7. The first kappa shape index (κ1) is 29.2. The van der Waals surface area contributed by atoms with E-state index >= 15 is 0 Å². The zero-order valence-corrected chi connectivity index (χ0v) is 28.0. The molecular formula is C50H33N. The molecule has 0 unspecified atom stereocenters. The van der Waals surface area contributed by atoms with Gasteiger partial charge in [0.25, 0.3) is 0 Å². The van der Waals surface area contributed by atoms with E-state index < -0.39 is 0 Å². The fraction of sp³-hybridized carbons (Fsp3) is 0. The molecule has 10 rings (SSSR count). The minimum absolute atomic E-state index is 1.15. The van der Waals surface area contributed by atoms with Crippen molar-refractivity contribution in [3.8, 4) is 50.2 Å². The lowest BCUT2D eigenvalue weighted by molar-refractivity contribution is 1.18. The molecule has 0 atom stereocenters. The summed E-state index contributed by atoms with van der Waals surface area (Å²) in [6.07, 6.45) is 0. The standard InChI is InChI=1S/C50H33N/c1-2-16-40(17-3-1)51-48-23-9-8-20-46(48)47-33-32-45(38-26-24-36(25-27-38)43-21-10-14-34-12-4-6-18-41(34)43)49(50(47)51)39-30-28-37(29-31-39)44-22-11-15-35-13-5-7-19-42(35)44/h1-33H. The van der Waals surface area contributed by atoms with Crippen molar-refractivity contribution in [1.29, 1.82) is 0 Å². The van der Waals surface area contributed by atoms with Crippen LogP contribution in [0.3, 0.4) is 0 Å². The molecule has 0 bridgehead atoms. The molecule has 9 aromatic carbocycles. The fourth-order valence-corrected chi connectivity index (χ4v) is 8.04. The largest absolute Gasteiger partial charge is 0.309 e. The number of rotatable bonds is 5. The zero-order valence-electron chi connectivity index (χ0n) is 28.0. The SMILES string of the molecule is c1ccc(-n2c3ccccc3c3ccc(-c4ccc(-c5cccc6ccccc56)cc4)c(-c4ccc(-c5cccc6ccccc56)cc4)c32)cc1. The topological polar surface area (TPSA) is 4.93 Å². The summed E-state index contributed by atoms with van der Waals surface area (Å²) in [7, 11) is 0. The van der Waals surface area contributed by atoms with Gasteiger partial charge in [0.05, 0.1) is 11.0 Å². The molecule has 0 radical (unpaired) electrons. The molecule has 0 aliphatic rings. The van der Waals surface area contributed by atoms with E-state index in [1.807, 2.05) is 0 Å². The highest BCUT2D eigenvalue weighted by Gasteiger charge is 2.20. The number of para-hydroxylation sites is 2. The van der Waals surface area contributed by atoms with Crippen LogP contribution in [0.1, 0.15) is 0 Å². The van der Waals surface area contributed by atoms with Gasteiger partial charge < -0.3 is 4.57 Å². The second-order valence-electron chi connectivity index (χ2n) is 13.3. The average Bonchev–Trinajstić information content (AvgIpc) is 3.55. The number of fused-ring (bicyclic) bond motifs is 5. The molecule has 0 N–H and O–H groups in total. The number of aromatic nitrogens is 1. The van der Waals surface area contributed by atoms with Gasteiger partial charge in [-0.25, -0.2) is 0 Å². The Morgan fingerprint density at radius 3 is 1.35 bits per heavy atom. The summed E-state index contributed by atoms with van der Waals surface area (Å²) in [4.78, 5) is 0. The molecule has 10 aromatic rings. The molecule has 51 heavy (non-hydrogen) atoms. The summed E-state index contributed by atoms with van der Waals surface area (Å²) >= 11 is 0. The van der Waals surface area contributed by atoms with Gasteiger partial charge in [0.15, 0.2) is 0 Å². The molecule has 0 aliphatic carbocycles. The van der Waals surface area contributed by atoms with Gasteiger partial charge in [-0.15, -0.1) is 0 Å². The monoisotopic (exact) mass is 647 g/mol. The molecule has 0 saturated carbocycles. The highest BCUT2D eigenvalue weighted by molar-refractivity contribution is 6.16. The predicted molar refractivity (Wildman–Crippen MR) is 218 cm³/mol. The van der Waals surface area contributed by atoms with Crippen LogP contribution < -0.4 is 0 Å². The van der Waals surface area contributed by atoms with Gasteiger partial charge in [-0.05, 0) is 78.7 Å². The quantitative estimate of drug-likeness (QED) is 0.175. The van der Waals surface area contributed by atoms with Crippen LogP contribution in [0.2, 0.25) is 0 Å². The van der Waals surface area contributed by atoms with Gasteiger partial charge in [0.2, 0.25) is 0 Å². The third kappa shape index (κ3) is 4.86. The van der Waals surface area contributed by atoms with Crippen molar-refractivity contribution in [3.05, 3.63) is 200 Å². The third-order valence-electron chi connectivity index (χ3n) is 10.4. The van der Waals surface area contributed by atoms with Crippen molar-refractivity contribution in [2.75, 3.05) is 0 Å². The highest BCUT2D eigenvalue weighted by Crippen LogP contribution is 2.44. The summed E-state index contributed by atoms with van der Waals surface area (Å²) in [6, 6.07) is 73.0. The molecule has 1 heterocycles. The van der Waals surface area contributed by atoms with E-state index in [1.165, 1.54) is 87.9 Å². The summed E-state index contributed by atoms with van der Waals surface area (Å²) < 4.78 is 2.45. The van der Waals surface area contributed by atoms with Crippen LogP contribution in [-0.2, 0) is 0 Å². The molecule has 1 aromatic heterocycles. The maximum Gasteiger partial charge on any atom is 0.0625 e. The normalized spacial score (nSPS) is 11.5. The summed E-state index contributed by atoms with van der Waals surface area (Å²) in [6.45, 7) is 0. The van der Waals surface area contributed by atoms with Crippen molar-refractivity contribution in [2.24, 2.45) is 0 Å². The molecule has 238 valence electrons. The van der Waals surface area contributed by atoms with Crippen molar-refractivity contribution >= 4 is 43.4 Å². The predicted octanol–water partition coefficient (Wildman–Crippen LogP) is 13.8. The van der Waals surface area contributed by atoms with E-state index in [4.69, 9.17) is 0 Å². The van der Waals surface area contributed by atoms with Crippen molar-refractivity contribution in [3.63, 3.8) is 0 Å². The van der Waals surface area contributed by atoms with E-state index in [-0.39, 0.29) is 0 Å². The van der Waals surface area contributed by atoms with Crippen molar-refractivity contribution in [1.82, 2.24) is 4.57 Å². The Morgan fingerprint density at radius 2 is 0.745 bits per heavy atom. The molecule has 1 heteroatoms. The lowest BCUT2D eigenvalue weighted by atomic mass is 9.89. The van der Waals surface area contributed by atoms with Gasteiger partial charge in [-0.3, -0.25) is 0 Å². The third-order valence-corrected chi connectivity index (χ3v) is 10.4. The lowest BCUT2D eigenvalue weighted by Gasteiger charge is -2.17. The van der Waals surface area contributed by atoms with Crippen molar-refractivity contribution in [2.45, 2.75) is 0 Å². The number of benzene rings is 9. The van der Waals surface area contributed by atoms with Gasteiger partial charge in [0, 0.05) is 22.0 Å². The van der Waals surface area contributed by atoms with E-state index in [9.17, 15) is 0 Å². The first-order chi connectivity index (χ1) is 25.3. The number of nitrogens with zero attached hydrogens (tertiary/aromatic N) is 1. The first-order valence-corrected chi connectivity index (χ1v) is 17.6. The lowest BCUT2D eigenvalue weighted by Crippen LogP contribution is -1.97. The fourth-order valence-electron chi connectivity index (χ4n) is 8.04. The summed E-state index contributed by atoms with van der Waals surface area (Å²) in [5.74, 6) is 0. The molecule has 0 amide bonds. The van der Waals surface area contributed by atoms with Crippen LogP contribution in [0.4, 0.5) is 0 Å². The van der Waals surface area contributed by atoms with Crippen LogP contribution in [0.5, 0.6) is 0 Å². The van der Waals surface area contributed by atoms with E-state index in [0.29, 0.717) is 0 Å². The Hall–Kier alpha value is -6.70. The van der Waals surface area contributed by atoms with Crippen LogP contribution >= 0.6 is 0 Å². The van der Waals surface area contributed by atoms with E-state index in [0.717, 1.165) is 5.69 Å². The molecule has 0 aliphatic heterocycles. The van der Waals surface area contributed by atoms with Crippen LogP contribution in [0.25, 0.3) is 93.5 Å². The Morgan fingerprint density at radius 1 is 0.275 bits per heavy atom. The van der Waals surface area contributed by atoms with Crippen LogP contribution in [-0.4, -0.2) is 4.57 Å². The molecule has 0 saturated heterocycles. The van der Waals surface area contributed by atoms with Gasteiger partial charge in [0.1, 0.15) is 0 Å². The van der Waals surface area contributed by atoms with Crippen molar-refractivity contribution < 1.29 is 0 Å². The number of hydrogen-bond acceptors (Lipinski definition) is 0. The second-order valence-corrected chi connectivity index (χ2v) is 13.3. The smallest absolute Gasteiger partial charge is 0.0625 e. The average molecular weight is 648 g/mol. The Kier molecular flexibility index (Phi) is 6.89. The Bertz CT molecular complexity index is 2870. The summed E-state index contributed by atoms with van der Waals surface area (Å²) in [5, 5.41) is 7.55. The van der Waals surface area contributed by atoms with Gasteiger partial charge >= 0.3 is 0 Å². The van der Waals surface area contributed by atoms with Gasteiger partial charge in [-0.1, -0.05) is 182 Å². The van der Waals surface area contributed by atoms with Crippen LogP contribution in [0.15, 0.2) is 200 Å². The highest BCUT2D eigenvalue weighted by atomic mass is 15.0. The first-order valence-electron chi connectivity index (χ1n) is 17.6. The Labute approximate surface area is 297 Å².